The van der Waals surface area contributed by atoms with E-state index in [1.54, 1.807) is 22.0 Å². The maximum Gasteiger partial charge on any atom is 0.306 e. The predicted octanol–water partition coefficient (Wildman–Crippen LogP) is 4.35. The van der Waals surface area contributed by atoms with Gasteiger partial charge in [-0.3, -0.25) is 19.2 Å². The monoisotopic (exact) mass is 671 g/mol. The molecule has 3 amide bonds. The van der Waals surface area contributed by atoms with Crippen LogP contribution in [0.2, 0.25) is 0 Å². The summed E-state index contributed by atoms with van der Waals surface area (Å²) < 4.78 is 12.2. The molecule has 0 saturated carbocycles. The molecular formula is C39H49N3O7. The van der Waals surface area contributed by atoms with Crippen LogP contribution in [-0.4, -0.2) is 82.1 Å². The highest BCUT2D eigenvalue weighted by atomic mass is 16.5. The molecule has 1 spiro atoms. The highest BCUT2D eigenvalue weighted by Crippen LogP contribution is 2.59. The minimum absolute atomic E-state index is 0.0857. The first-order chi connectivity index (χ1) is 23.7. The molecule has 5 rings (SSSR count). The number of nitrogens with one attached hydrogen (secondary N) is 1. The Hall–Kier alpha value is -4.28. The first-order valence-corrected chi connectivity index (χ1v) is 17.4. The van der Waals surface area contributed by atoms with E-state index in [0.717, 1.165) is 11.1 Å². The third-order valence-electron chi connectivity index (χ3n) is 10.5. The number of carbonyl (C=O) groups is 4. The Kier molecular flexibility index (Phi) is 11.7. The summed E-state index contributed by atoms with van der Waals surface area (Å²) in [5.74, 6) is -3.37. The lowest BCUT2D eigenvalue weighted by Crippen LogP contribution is -2.59. The number of benzene rings is 2. The third-order valence-corrected chi connectivity index (χ3v) is 10.5. The summed E-state index contributed by atoms with van der Waals surface area (Å²) in [7, 11) is 0. The van der Waals surface area contributed by atoms with E-state index in [2.05, 4.69) is 18.5 Å². The molecule has 0 unspecified atom stereocenters. The van der Waals surface area contributed by atoms with Crippen LogP contribution in [0.5, 0.6) is 0 Å². The van der Waals surface area contributed by atoms with Gasteiger partial charge >= 0.3 is 5.97 Å². The molecule has 3 aliphatic heterocycles. The number of esters is 1. The highest BCUT2D eigenvalue weighted by Gasteiger charge is 2.75. The molecule has 2 aromatic rings. The van der Waals surface area contributed by atoms with E-state index in [4.69, 9.17) is 9.47 Å². The third kappa shape index (κ3) is 7.21. The number of likely N-dealkylation sites (tertiary alicyclic amines) is 1. The summed E-state index contributed by atoms with van der Waals surface area (Å²) in [5, 5.41) is 13.8. The van der Waals surface area contributed by atoms with Crippen LogP contribution in [0.4, 0.5) is 0 Å². The number of ether oxygens (including phenoxy) is 2. The van der Waals surface area contributed by atoms with Gasteiger partial charge in [-0.1, -0.05) is 93.1 Å². The van der Waals surface area contributed by atoms with Gasteiger partial charge in [-0.2, -0.15) is 0 Å². The SMILES string of the molecule is C=CCCC(=O)OC[C@H](NC(=O)[C@@H]1[C@H]2C(=O)N([C@@H](CO)[C@@H](C)CC)[C@H](C(=O)N(CC=C)Cc3ccccc3)[C@]23CC[C@H]1O3)c1ccccc1. The minimum atomic E-state index is -1.24. The number of hydrogen-bond donors (Lipinski definition) is 2. The molecule has 10 nitrogen and oxygen atoms in total. The van der Waals surface area contributed by atoms with Gasteiger partial charge in [0.05, 0.1) is 36.6 Å². The Morgan fingerprint density at radius 2 is 1.82 bits per heavy atom. The fraction of sp³-hybridized carbons (Fsp3) is 0.487. The summed E-state index contributed by atoms with van der Waals surface area (Å²) in [6.45, 7) is 11.6. The van der Waals surface area contributed by atoms with Crippen LogP contribution in [0, 0.1) is 17.8 Å². The van der Waals surface area contributed by atoms with E-state index in [-0.39, 0.29) is 43.9 Å². The zero-order valence-electron chi connectivity index (χ0n) is 28.5. The molecule has 10 heteroatoms. The Morgan fingerprint density at radius 1 is 1.12 bits per heavy atom. The average molecular weight is 672 g/mol. The number of rotatable bonds is 17. The molecule has 49 heavy (non-hydrogen) atoms. The van der Waals surface area contributed by atoms with Crippen LogP contribution in [0.1, 0.15) is 63.1 Å². The largest absolute Gasteiger partial charge is 0.463 e. The van der Waals surface area contributed by atoms with Crippen LogP contribution in [0.3, 0.4) is 0 Å². The number of aliphatic hydroxyl groups is 1. The second kappa shape index (κ2) is 16.0. The molecule has 3 saturated heterocycles. The number of allylic oxidation sites excluding steroid dienone is 1. The molecule has 0 aromatic heterocycles. The normalized spacial score (nSPS) is 25.6. The zero-order chi connectivity index (χ0) is 35.1. The molecule has 2 aromatic carbocycles. The van der Waals surface area contributed by atoms with Gasteiger partial charge in [0.25, 0.3) is 0 Å². The van der Waals surface area contributed by atoms with E-state index >= 15 is 0 Å². The summed E-state index contributed by atoms with van der Waals surface area (Å²) in [4.78, 5) is 59.4. The van der Waals surface area contributed by atoms with Crippen molar-refractivity contribution < 1.29 is 33.8 Å². The van der Waals surface area contributed by atoms with Crippen molar-refractivity contribution >= 4 is 23.7 Å². The Morgan fingerprint density at radius 3 is 2.45 bits per heavy atom. The number of carbonyl (C=O) groups excluding carboxylic acids is 4. The fourth-order valence-electron chi connectivity index (χ4n) is 7.85. The Balaban J connectivity index is 1.48. The Labute approximate surface area is 289 Å². The van der Waals surface area contributed by atoms with Crippen LogP contribution in [0.15, 0.2) is 86.0 Å². The van der Waals surface area contributed by atoms with Gasteiger partial charge in [-0.05, 0) is 36.3 Å². The van der Waals surface area contributed by atoms with Crippen LogP contribution in [-0.2, 0) is 35.2 Å². The van der Waals surface area contributed by atoms with Gasteiger partial charge in [-0.25, -0.2) is 0 Å². The molecule has 3 heterocycles. The van der Waals surface area contributed by atoms with Gasteiger partial charge < -0.3 is 29.7 Å². The number of nitrogens with zero attached hydrogens (tertiary/aromatic N) is 2. The predicted molar refractivity (Wildman–Crippen MR) is 185 cm³/mol. The maximum absolute atomic E-state index is 14.8. The summed E-state index contributed by atoms with van der Waals surface area (Å²) in [6.07, 6.45) is 4.99. The van der Waals surface area contributed by atoms with Crippen LogP contribution >= 0.6 is 0 Å². The number of fused-ring (bicyclic) bond motifs is 1. The molecule has 3 aliphatic rings. The average Bonchev–Trinajstić information content (AvgIpc) is 3.77. The molecule has 0 aliphatic carbocycles. The molecular weight excluding hydrogens is 622 g/mol. The first-order valence-electron chi connectivity index (χ1n) is 17.4. The van der Waals surface area contributed by atoms with Crippen molar-refractivity contribution in [2.24, 2.45) is 17.8 Å². The van der Waals surface area contributed by atoms with Crippen molar-refractivity contribution in [3.8, 4) is 0 Å². The lowest BCUT2D eigenvalue weighted by atomic mass is 9.70. The highest BCUT2D eigenvalue weighted by molar-refractivity contribution is 5.99. The smallest absolute Gasteiger partial charge is 0.306 e. The summed E-state index contributed by atoms with van der Waals surface area (Å²) in [6, 6.07) is 16.5. The zero-order valence-corrected chi connectivity index (χ0v) is 28.5. The molecule has 262 valence electrons. The van der Waals surface area contributed by atoms with Crippen molar-refractivity contribution in [3.05, 3.63) is 97.1 Å². The van der Waals surface area contributed by atoms with Crippen LogP contribution < -0.4 is 5.32 Å². The van der Waals surface area contributed by atoms with Gasteiger partial charge in [0.2, 0.25) is 17.7 Å². The van der Waals surface area contributed by atoms with E-state index in [0.29, 0.717) is 32.2 Å². The fourth-order valence-corrected chi connectivity index (χ4v) is 7.85. The van der Waals surface area contributed by atoms with E-state index in [1.165, 1.54) is 0 Å². The van der Waals surface area contributed by atoms with Crippen molar-refractivity contribution in [2.75, 3.05) is 19.8 Å². The number of hydrogen-bond acceptors (Lipinski definition) is 7. The van der Waals surface area contributed by atoms with Gasteiger partial charge in [0, 0.05) is 19.5 Å². The molecule has 2 N–H and O–H groups in total. The lowest BCUT2D eigenvalue weighted by molar-refractivity contribution is -0.153. The van der Waals surface area contributed by atoms with Crippen molar-refractivity contribution in [1.29, 1.82) is 0 Å². The second-order valence-electron chi connectivity index (χ2n) is 13.4. The van der Waals surface area contributed by atoms with Crippen molar-refractivity contribution in [3.63, 3.8) is 0 Å². The Bertz CT molecular complexity index is 1500. The minimum Gasteiger partial charge on any atom is -0.463 e. The quantitative estimate of drug-likeness (QED) is 0.189. The maximum atomic E-state index is 14.8. The number of aliphatic hydroxyl groups excluding tert-OH is 1. The summed E-state index contributed by atoms with van der Waals surface area (Å²) >= 11 is 0. The van der Waals surface area contributed by atoms with E-state index in [1.807, 2.05) is 74.5 Å². The number of amides is 3. The molecule has 0 radical (unpaired) electrons. The lowest BCUT2D eigenvalue weighted by Gasteiger charge is -2.41. The second-order valence-corrected chi connectivity index (χ2v) is 13.4. The molecule has 3 fully saturated rings. The summed E-state index contributed by atoms with van der Waals surface area (Å²) in [5.41, 5.74) is 0.433. The van der Waals surface area contributed by atoms with Crippen LogP contribution in [0.25, 0.3) is 0 Å². The topological polar surface area (TPSA) is 125 Å². The van der Waals surface area contributed by atoms with Crippen molar-refractivity contribution in [2.45, 2.75) is 82.3 Å². The van der Waals surface area contributed by atoms with E-state index < -0.39 is 53.5 Å². The molecule has 2 bridgehead atoms. The van der Waals surface area contributed by atoms with Gasteiger partial charge in [0.1, 0.15) is 18.2 Å². The van der Waals surface area contributed by atoms with Crippen molar-refractivity contribution in [1.82, 2.24) is 15.1 Å². The molecule has 8 atom stereocenters. The standard InChI is InChI=1S/C39H49N3O7/c1-5-8-19-32(44)48-25-29(28-17-13-10-14-18-28)40-36(45)33-31-20-21-39(49-31)34(33)37(46)42(30(24-43)26(4)7-3)35(39)38(47)41(22-6-2)23-27-15-11-9-12-16-27/h5-6,9-18,26,29-31,33-35,43H,1-2,7-8,19-25H2,3-4H3,(H,40,45)/t26-,29-,30-,31+,33-,34-,35+,39-/m0/s1. The first kappa shape index (κ1) is 36.0. The van der Waals surface area contributed by atoms with Gasteiger partial charge in [-0.15, -0.1) is 13.2 Å². The van der Waals surface area contributed by atoms with E-state index in [9.17, 15) is 24.3 Å². The van der Waals surface area contributed by atoms with Gasteiger partial charge in [0.15, 0.2) is 0 Å².